The normalized spacial score (nSPS) is 9.38. The van der Waals surface area contributed by atoms with E-state index in [4.69, 9.17) is 5.84 Å². The largest absolute Gasteiger partial charge is 0.323 e. The summed E-state index contributed by atoms with van der Waals surface area (Å²) in [7, 11) is 0. The maximum atomic E-state index is 10.9. The van der Waals surface area contributed by atoms with Crippen molar-refractivity contribution in [1.29, 1.82) is 0 Å². The lowest BCUT2D eigenvalue weighted by Crippen LogP contribution is -2.09. The second kappa shape index (κ2) is 3.82. The highest BCUT2D eigenvalue weighted by molar-refractivity contribution is 5.97. The molecule has 3 N–H and O–H groups in total. The number of hydrogen-bond acceptors (Lipinski definition) is 4. The van der Waals surface area contributed by atoms with Gasteiger partial charge in [0.2, 0.25) is 0 Å². The van der Waals surface area contributed by atoms with Crippen LogP contribution < -0.4 is 11.3 Å². The molecule has 1 aromatic rings. The van der Waals surface area contributed by atoms with E-state index in [1.165, 1.54) is 13.0 Å². The highest BCUT2D eigenvalue weighted by atomic mass is 16.1. The van der Waals surface area contributed by atoms with Crippen LogP contribution in [0.3, 0.4) is 0 Å². The summed E-state index contributed by atoms with van der Waals surface area (Å²) in [6.07, 6.45) is 0.654. The number of hydrazine groups is 1. The number of nitrogen functional groups attached to an aromatic ring is 1. The molecule has 0 amide bonds. The Morgan fingerprint density at radius 2 is 2.23 bits per heavy atom. The highest BCUT2D eigenvalue weighted by Gasteiger charge is 2.04. The van der Waals surface area contributed by atoms with Crippen LogP contribution in [0, 0.1) is 0 Å². The first-order valence-electron chi connectivity index (χ1n) is 3.76. The SMILES string of the molecule is CC(=O)c1ccc(NN)c(C=O)c1. The van der Waals surface area contributed by atoms with Gasteiger partial charge in [0.05, 0.1) is 5.69 Å². The van der Waals surface area contributed by atoms with Gasteiger partial charge in [-0.05, 0) is 25.1 Å². The van der Waals surface area contributed by atoms with Crippen LogP contribution in [0.15, 0.2) is 18.2 Å². The molecule has 0 radical (unpaired) electrons. The number of anilines is 1. The minimum atomic E-state index is -0.0772. The van der Waals surface area contributed by atoms with E-state index in [9.17, 15) is 9.59 Å². The third-order valence-electron chi connectivity index (χ3n) is 1.74. The molecule has 68 valence electrons. The molecule has 0 aliphatic heterocycles. The van der Waals surface area contributed by atoms with Crippen LogP contribution in [0.2, 0.25) is 0 Å². The third-order valence-corrected chi connectivity index (χ3v) is 1.74. The molecule has 0 heterocycles. The van der Waals surface area contributed by atoms with Gasteiger partial charge in [-0.2, -0.15) is 0 Å². The Kier molecular flexibility index (Phi) is 2.76. The molecule has 0 aliphatic carbocycles. The predicted molar refractivity (Wildman–Crippen MR) is 49.6 cm³/mol. The van der Waals surface area contributed by atoms with Crippen molar-refractivity contribution in [3.8, 4) is 0 Å². The van der Waals surface area contributed by atoms with Crippen LogP contribution in [-0.2, 0) is 0 Å². The van der Waals surface area contributed by atoms with Crippen molar-refractivity contribution in [1.82, 2.24) is 0 Å². The van der Waals surface area contributed by atoms with Crippen molar-refractivity contribution in [3.05, 3.63) is 29.3 Å². The van der Waals surface area contributed by atoms with E-state index in [-0.39, 0.29) is 5.78 Å². The molecule has 0 spiro atoms. The van der Waals surface area contributed by atoms with Gasteiger partial charge < -0.3 is 5.43 Å². The number of aldehydes is 1. The summed E-state index contributed by atoms with van der Waals surface area (Å²) < 4.78 is 0. The lowest BCUT2D eigenvalue weighted by Gasteiger charge is -2.04. The number of nitrogens with one attached hydrogen (secondary N) is 1. The standard InChI is InChI=1S/C9H10N2O2/c1-6(13)7-2-3-9(11-10)8(4-7)5-12/h2-5,11H,10H2,1H3. The molecule has 0 unspecified atom stereocenters. The van der Waals surface area contributed by atoms with Crippen LogP contribution in [0.4, 0.5) is 5.69 Å². The lowest BCUT2D eigenvalue weighted by molar-refractivity contribution is 0.101. The van der Waals surface area contributed by atoms with Crippen molar-refractivity contribution >= 4 is 17.8 Å². The van der Waals surface area contributed by atoms with E-state index in [2.05, 4.69) is 5.43 Å². The molecular formula is C9H10N2O2. The summed E-state index contributed by atoms with van der Waals surface area (Å²) in [5.74, 6) is 5.08. The molecule has 0 fully saturated rings. The third kappa shape index (κ3) is 1.91. The first kappa shape index (κ1) is 9.41. The zero-order chi connectivity index (χ0) is 9.84. The van der Waals surface area contributed by atoms with Gasteiger partial charge in [0.15, 0.2) is 12.1 Å². The summed E-state index contributed by atoms with van der Waals surface area (Å²) in [6, 6.07) is 4.72. The fourth-order valence-electron chi connectivity index (χ4n) is 1.01. The zero-order valence-electron chi connectivity index (χ0n) is 7.20. The average molecular weight is 178 g/mol. The number of Topliss-reactive ketones (excluding diaryl/α,β-unsaturated/α-hetero) is 1. The molecule has 0 atom stereocenters. The van der Waals surface area contributed by atoms with Gasteiger partial charge in [0, 0.05) is 11.1 Å². The average Bonchev–Trinajstić information content (AvgIpc) is 2.16. The molecule has 0 aliphatic rings. The maximum Gasteiger partial charge on any atom is 0.159 e. The highest BCUT2D eigenvalue weighted by Crippen LogP contribution is 2.14. The number of rotatable bonds is 3. The second-order valence-electron chi connectivity index (χ2n) is 2.62. The number of carbonyl (C=O) groups excluding carboxylic acids is 2. The van der Waals surface area contributed by atoms with Crippen molar-refractivity contribution < 1.29 is 9.59 Å². The van der Waals surface area contributed by atoms with Crippen LogP contribution in [-0.4, -0.2) is 12.1 Å². The predicted octanol–water partition coefficient (Wildman–Crippen LogP) is 0.987. The quantitative estimate of drug-likeness (QED) is 0.313. The molecule has 1 rings (SSSR count). The van der Waals surface area contributed by atoms with Gasteiger partial charge in [0.1, 0.15) is 0 Å². The fraction of sp³-hybridized carbons (Fsp3) is 0.111. The van der Waals surface area contributed by atoms with Crippen molar-refractivity contribution in [3.63, 3.8) is 0 Å². The topological polar surface area (TPSA) is 72.2 Å². The van der Waals surface area contributed by atoms with E-state index in [1.807, 2.05) is 0 Å². The van der Waals surface area contributed by atoms with Crippen molar-refractivity contribution in [2.75, 3.05) is 5.43 Å². The van der Waals surface area contributed by atoms with Crippen molar-refractivity contribution in [2.24, 2.45) is 5.84 Å². The van der Waals surface area contributed by atoms with E-state index in [0.717, 1.165) is 0 Å². The Morgan fingerprint density at radius 3 is 2.69 bits per heavy atom. The molecule has 0 saturated carbocycles. The Morgan fingerprint density at radius 1 is 1.54 bits per heavy atom. The first-order valence-corrected chi connectivity index (χ1v) is 3.76. The van der Waals surface area contributed by atoms with Crippen LogP contribution in [0.5, 0.6) is 0 Å². The lowest BCUT2D eigenvalue weighted by atomic mass is 10.1. The van der Waals surface area contributed by atoms with Gasteiger partial charge in [-0.3, -0.25) is 15.4 Å². The monoisotopic (exact) mass is 178 g/mol. The van der Waals surface area contributed by atoms with Gasteiger partial charge in [-0.15, -0.1) is 0 Å². The van der Waals surface area contributed by atoms with Gasteiger partial charge in [-0.1, -0.05) is 0 Å². The molecule has 0 bridgehead atoms. The zero-order valence-corrected chi connectivity index (χ0v) is 7.20. The van der Waals surface area contributed by atoms with Crippen molar-refractivity contribution in [2.45, 2.75) is 6.92 Å². The molecule has 4 heteroatoms. The molecule has 4 nitrogen and oxygen atoms in total. The Balaban J connectivity index is 3.20. The minimum Gasteiger partial charge on any atom is -0.323 e. The molecular weight excluding hydrogens is 168 g/mol. The summed E-state index contributed by atoms with van der Waals surface area (Å²) in [5, 5.41) is 0. The van der Waals surface area contributed by atoms with Crippen LogP contribution >= 0.6 is 0 Å². The molecule has 0 aromatic heterocycles. The van der Waals surface area contributed by atoms with Gasteiger partial charge in [0.25, 0.3) is 0 Å². The summed E-state index contributed by atoms with van der Waals surface area (Å²) in [4.78, 5) is 21.5. The Hall–Kier alpha value is -1.68. The number of ketones is 1. The Labute approximate surface area is 75.7 Å². The molecule has 13 heavy (non-hydrogen) atoms. The fourth-order valence-corrected chi connectivity index (χ4v) is 1.01. The van der Waals surface area contributed by atoms with E-state index >= 15 is 0 Å². The second-order valence-corrected chi connectivity index (χ2v) is 2.62. The van der Waals surface area contributed by atoms with Gasteiger partial charge in [-0.25, -0.2) is 0 Å². The summed E-state index contributed by atoms with van der Waals surface area (Å²) >= 11 is 0. The van der Waals surface area contributed by atoms with Gasteiger partial charge >= 0.3 is 0 Å². The number of benzene rings is 1. The molecule has 1 aromatic carbocycles. The Bertz CT molecular complexity index is 347. The van der Waals surface area contributed by atoms with Crippen LogP contribution in [0.1, 0.15) is 27.6 Å². The minimum absolute atomic E-state index is 0.0772. The summed E-state index contributed by atoms with van der Waals surface area (Å²) in [6.45, 7) is 1.44. The van der Waals surface area contributed by atoms with Crippen LogP contribution in [0.25, 0.3) is 0 Å². The molecule has 0 saturated heterocycles. The smallest absolute Gasteiger partial charge is 0.159 e. The van der Waals surface area contributed by atoms with E-state index in [0.29, 0.717) is 23.1 Å². The number of hydrogen-bond donors (Lipinski definition) is 2. The number of carbonyl (C=O) groups is 2. The first-order chi connectivity index (χ1) is 6.19. The number of nitrogens with two attached hydrogens (primary N) is 1. The van der Waals surface area contributed by atoms with E-state index in [1.54, 1.807) is 12.1 Å². The van der Waals surface area contributed by atoms with E-state index < -0.39 is 0 Å². The maximum absolute atomic E-state index is 10.9. The summed E-state index contributed by atoms with van der Waals surface area (Å²) in [5.41, 5.74) is 3.77.